The van der Waals surface area contributed by atoms with Crippen LogP contribution >= 0.6 is 0 Å². The standard InChI is InChI=1S/C12H22N2O3/c1-8(11(16)17-12(2,3)4)14-6-9(7-14)10(15)13-5/h8-9H,6-7H2,1-5H3,(H,13,15)/t8-/m1/s1. The number of rotatable bonds is 3. The van der Waals surface area contributed by atoms with Crippen LogP contribution in [0.2, 0.25) is 0 Å². The SMILES string of the molecule is CNC(=O)C1CN([C@H](C)C(=O)OC(C)(C)C)C1. The molecule has 0 unspecified atom stereocenters. The summed E-state index contributed by atoms with van der Waals surface area (Å²) >= 11 is 0. The van der Waals surface area contributed by atoms with Gasteiger partial charge in [0.1, 0.15) is 11.6 Å². The van der Waals surface area contributed by atoms with Crippen LogP contribution < -0.4 is 5.32 Å². The third kappa shape index (κ3) is 3.70. The summed E-state index contributed by atoms with van der Waals surface area (Å²) in [5.74, 6) is -0.185. The topological polar surface area (TPSA) is 58.6 Å². The summed E-state index contributed by atoms with van der Waals surface area (Å²) in [6.45, 7) is 8.61. The fourth-order valence-electron chi connectivity index (χ4n) is 1.73. The first-order valence-corrected chi connectivity index (χ1v) is 5.93. The Morgan fingerprint density at radius 2 is 1.88 bits per heavy atom. The van der Waals surface area contributed by atoms with Gasteiger partial charge >= 0.3 is 5.97 Å². The fourth-order valence-corrected chi connectivity index (χ4v) is 1.73. The average molecular weight is 242 g/mol. The van der Waals surface area contributed by atoms with Gasteiger partial charge in [-0.05, 0) is 27.7 Å². The van der Waals surface area contributed by atoms with Crippen molar-refractivity contribution in [1.82, 2.24) is 10.2 Å². The van der Waals surface area contributed by atoms with E-state index in [0.29, 0.717) is 13.1 Å². The van der Waals surface area contributed by atoms with E-state index in [1.807, 2.05) is 32.6 Å². The number of hydrogen-bond acceptors (Lipinski definition) is 4. The van der Waals surface area contributed by atoms with Crippen LogP contribution in [0.3, 0.4) is 0 Å². The first-order valence-electron chi connectivity index (χ1n) is 5.93. The van der Waals surface area contributed by atoms with Gasteiger partial charge in [0.25, 0.3) is 0 Å². The van der Waals surface area contributed by atoms with E-state index in [0.717, 1.165) is 0 Å². The summed E-state index contributed by atoms with van der Waals surface area (Å²) in [4.78, 5) is 25.0. The molecule has 1 rings (SSSR count). The highest BCUT2D eigenvalue weighted by molar-refractivity contribution is 5.81. The molecule has 17 heavy (non-hydrogen) atoms. The molecule has 5 nitrogen and oxygen atoms in total. The monoisotopic (exact) mass is 242 g/mol. The Hall–Kier alpha value is -1.10. The van der Waals surface area contributed by atoms with Crippen molar-refractivity contribution in [3.63, 3.8) is 0 Å². The molecule has 0 saturated carbocycles. The van der Waals surface area contributed by atoms with Gasteiger partial charge in [0.15, 0.2) is 0 Å². The van der Waals surface area contributed by atoms with Crippen molar-refractivity contribution in [3.8, 4) is 0 Å². The lowest BCUT2D eigenvalue weighted by Gasteiger charge is -2.41. The van der Waals surface area contributed by atoms with Gasteiger partial charge < -0.3 is 10.1 Å². The molecule has 0 aromatic rings. The molecule has 1 amide bonds. The summed E-state index contributed by atoms with van der Waals surface area (Å²) in [6, 6.07) is -0.282. The van der Waals surface area contributed by atoms with Gasteiger partial charge in [0.2, 0.25) is 5.91 Å². The Morgan fingerprint density at radius 3 is 2.29 bits per heavy atom. The zero-order valence-electron chi connectivity index (χ0n) is 11.2. The minimum atomic E-state index is -0.462. The maximum atomic E-state index is 11.8. The zero-order valence-corrected chi connectivity index (χ0v) is 11.2. The van der Waals surface area contributed by atoms with E-state index in [1.165, 1.54) is 0 Å². The molecule has 0 radical (unpaired) electrons. The van der Waals surface area contributed by atoms with Crippen LogP contribution in [0, 0.1) is 5.92 Å². The second-order valence-electron chi connectivity index (χ2n) is 5.47. The van der Waals surface area contributed by atoms with E-state index in [-0.39, 0.29) is 23.8 Å². The van der Waals surface area contributed by atoms with E-state index in [2.05, 4.69) is 5.32 Å². The van der Waals surface area contributed by atoms with Gasteiger partial charge in [-0.2, -0.15) is 0 Å². The second-order valence-corrected chi connectivity index (χ2v) is 5.47. The smallest absolute Gasteiger partial charge is 0.323 e. The number of ether oxygens (including phenoxy) is 1. The molecular weight excluding hydrogens is 220 g/mol. The lowest BCUT2D eigenvalue weighted by Crippen LogP contribution is -2.58. The molecule has 0 spiro atoms. The number of amides is 1. The molecule has 0 aromatic heterocycles. The molecule has 1 saturated heterocycles. The number of carbonyl (C=O) groups is 2. The predicted octanol–water partition coefficient (Wildman–Crippen LogP) is 0.394. The molecular formula is C12H22N2O3. The molecule has 1 heterocycles. The molecule has 1 atom stereocenters. The fraction of sp³-hybridized carbons (Fsp3) is 0.833. The molecule has 98 valence electrons. The Labute approximate surface area is 102 Å². The van der Waals surface area contributed by atoms with Crippen LogP contribution in [0.1, 0.15) is 27.7 Å². The van der Waals surface area contributed by atoms with Gasteiger partial charge in [-0.1, -0.05) is 0 Å². The first-order chi connectivity index (χ1) is 7.74. The molecule has 1 aliphatic rings. The molecule has 1 N–H and O–H groups in total. The summed E-state index contributed by atoms with van der Waals surface area (Å²) in [6.07, 6.45) is 0. The van der Waals surface area contributed by atoms with Crippen molar-refractivity contribution in [2.45, 2.75) is 39.3 Å². The van der Waals surface area contributed by atoms with Crippen molar-refractivity contribution in [2.24, 2.45) is 5.92 Å². The van der Waals surface area contributed by atoms with Crippen molar-refractivity contribution in [1.29, 1.82) is 0 Å². The van der Waals surface area contributed by atoms with Gasteiger partial charge in [-0.25, -0.2) is 0 Å². The Morgan fingerprint density at radius 1 is 1.35 bits per heavy atom. The summed E-state index contributed by atoms with van der Waals surface area (Å²) in [5, 5.41) is 2.61. The lowest BCUT2D eigenvalue weighted by molar-refractivity contribution is -0.164. The Bertz CT molecular complexity index is 303. The summed E-state index contributed by atoms with van der Waals surface area (Å²) in [5.41, 5.74) is -0.462. The molecule has 5 heteroatoms. The van der Waals surface area contributed by atoms with Crippen molar-refractivity contribution in [3.05, 3.63) is 0 Å². The first kappa shape index (κ1) is 14.0. The van der Waals surface area contributed by atoms with Crippen LogP contribution in [-0.2, 0) is 14.3 Å². The van der Waals surface area contributed by atoms with Crippen molar-refractivity contribution in [2.75, 3.05) is 20.1 Å². The van der Waals surface area contributed by atoms with Gasteiger partial charge in [0, 0.05) is 20.1 Å². The van der Waals surface area contributed by atoms with Crippen LogP contribution in [-0.4, -0.2) is 48.6 Å². The Kier molecular flexibility index (Phi) is 4.14. The minimum absolute atomic E-state index is 0.00452. The van der Waals surface area contributed by atoms with Crippen LogP contribution in [0.15, 0.2) is 0 Å². The molecule has 0 aromatic carbocycles. The highest BCUT2D eigenvalue weighted by Crippen LogP contribution is 2.20. The lowest BCUT2D eigenvalue weighted by atomic mass is 9.97. The summed E-state index contributed by atoms with van der Waals surface area (Å²) < 4.78 is 5.30. The number of hydrogen-bond donors (Lipinski definition) is 1. The third-order valence-electron chi connectivity index (χ3n) is 2.82. The zero-order chi connectivity index (χ0) is 13.2. The Balaban J connectivity index is 2.39. The number of carbonyl (C=O) groups excluding carboxylic acids is 2. The average Bonchev–Trinajstić information content (AvgIpc) is 2.12. The number of nitrogens with one attached hydrogen (secondary N) is 1. The van der Waals surface area contributed by atoms with E-state index in [9.17, 15) is 9.59 Å². The van der Waals surface area contributed by atoms with Crippen molar-refractivity contribution >= 4 is 11.9 Å². The highest BCUT2D eigenvalue weighted by atomic mass is 16.6. The van der Waals surface area contributed by atoms with E-state index >= 15 is 0 Å². The van der Waals surface area contributed by atoms with E-state index in [4.69, 9.17) is 4.74 Å². The summed E-state index contributed by atoms with van der Waals surface area (Å²) in [7, 11) is 1.63. The number of nitrogens with zero attached hydrogens (tertiary/aromatic N) is 1. The quantitative estimate of drug-likeness (QED) is 0.728. The van der Waals surface area contributed by atoms with E-state index < -0.39 is 5.60 Å². The van der Waals surface area contributed by atoms with Gasteiger partial charge in [0.05, 0.1) is 5.92 Å². The molecule has 1 aliphatic heterocycles. The predicted molar refractivity (Wildman–Crippen MR) is 64.4 cm³/mol. The maximum Gasteiger partial charge on any atom is 0.323 e. The van der Waals surface area contributed by atoms with Crippen LogP contribution in [0.25, 0.3) is 0 Å². The molecule has 1 fully saturated rings. The van der Waals surface area contributed by atoms with Crippen LogP contribution in [0.5, 0.6) is 0 Å². The largest absolute Gasteiger partial charge is 0.459 e. The normalized spacial score (nSPS) is 19.4. The van der Waals surface area contributed by atoms with E-state index in [1.54, 1.807) is 7.05 Å². The van der Waals surface area contributed by atoms with Crippen molar-refractivity contribution < 1.29 is 14.3 Å². The second kappa shape index (κ2) is 5.04. The van der Waals surface area contributed by atoms with Gasteiger partial charge in [-0.3, -0.25) is 14.5 Å². The highest BCUT2D eigenvalue weighted by Gasteiger charge is 2.38. The third-order valence-corrected chi connectivity index (χ3v) is 2.82. The maximum absolute atomic E-state index is 11.8. The molecule has 0 aliphatic carbocycles. The minimum Gasteiger partial charge on any atom is -0.459 e. The van der Waals surface area contributed by atoms with Gasteiger partial charge in [-0.15, -0.1) is 0 Å². The number of esters is 1. The molecule has 0 bridgehead atoms. The number of likely N-dealkylation sites (tertiary alicyclic amines) is 1. The van der Waals surface area contributed by atoms with Crippen LogP contribution in [0.4, 0.5) is 0 Å².